The number of nitrogens with one attached hydrogen (secondary N) is 1. The van der Waals surface area contributed by atoms with Crippen molar-refractivity contribution in [1.29, 1.82) is 0 Å². The van der Waals surface area contributed by atoms with E-state index in [0.717, 1.165) is 52.0 Å². The number of aromatic nitrogens is 2. The Balaban J connectivity index is 1.62. The lowest BCUT2D eigenvalue weighted by Crippen LogP contribution is -2.03. The minimum Gasteiger partial charge on any atom is -0.339 e. The smallest absolute Gasteiger partial charge is 0.143 e. The molecule has 5 heteroatoms. The number of halogens is 1. The molecule has 28 heavy (non-hydrogen) atoms. The lowest BCUT2D eigenvalue weighted by Gasteiger charge is -2.12. The Hall–Kier alpha value is -2.43. The molecular formula is C23H20ClN3S. The average molecular weight is 406 g/mol. The number of nitrogens with zero attached hydrogens (tertiary/aromatic N) is 2. The van der Waals surface area contributed by atoms with Gasteiger partial charge in [-0.1, -0.05) is 41.9 Å². The third kappa shape index (κ3) is 3.27. The molecule has 2 aromatic heterocycles. The molecule has 5 rings (SSSR count). The Morgan fingerprint density at radius 2 is 1.93 bits per heavy atom. The largest absolute Gasteiger partial charge is 0.339 e. The molecule has 0 radical (unpaired) electrons. The van der Waals surface area contributed by atoms with Crippen molar-refractivity contribution in [3.8, 4) is 0 Å². The molecule has 0 bridgehead atoms. The monoisotopic (exact) mass is 405 g/mol. The zero-order chi connectivity index (χ0) is 19.1. The third-order valence-electron chi connectivity index (χ3n) is 5.26. The van der Waals surface area contributed by atoms with Gasteiger partial charge in [0.2, 0.25) is 0 Å². The van der Waals surface area contributed by atoms with Crippen molar-refractivity contribution in [3.63, 3.8) is 0 Å². The molecule has 2 aromatic carbocycles. The average Bonchev–Trinajstić information content (AvgIpc) is 3.25. The number of fused-ring (bicyclic) bond motifs is 3. The van der Waals surface area contributed by atoms with E-state index in [2.05, 4.69) is 36.5 Å². The predicted molar refractivity (Wildman–Crippen MR) is 118 cm³/mol. The second-order valence-corrected chi connectivity index (χ2v) is 8.79. The number of aryl methyl sites for hydroxylation is 3. The maximum absolute atomic E-state index is 6.14. The van der Waals surface area contributed by atoms with Crippen LogP contribution in [0.3, 0.4) is 0 Å². The number of rotatable bonds is 4. The summed E-state index contributed by atoms with van der Waals surface area (Å²) < 4.78 is 0. The van der Waals surface area contributed by atoms with Crippen LogP contribution in [0.4, 0.5) is 11.5 Å². The summed E-state index contributed by atoms with van der Waals surface area (Å²) in [7, 11) is 0. The lowest BCUT2D eigenvalue weighted by molar-refractivity contribution is 0.916. The van der Waals surface area contributed by atoms with Crippen LogP contribution in [0.25, 0.3) is 10.2 Å². The number of hydrogen-bond acceptors (Lipinski definition) is 4. The Bertz CT molecular complexity index is 1170. The van der Waals surface area contributed by atoms with Crippen LogP contribution in [-0.2, 0) is 19.3 Å². The van der Waals surface area contributed by atoms with Gasteiger partial charge in [0, 0.05) is 22.0 Å². The normalized spacial score (nSPS) is 13.1. The Kier molecular flexibility index (Phi) is 4.53. The number of anilines is 2. The molecule has 0 saturated carbocycles. The molecule has 0 unspecified atom stereocenters. The molecule has 2 heterocycles. The summed E-state index contributed by atoms with van der Waals surface area (Å²) in [5, 5.41) is 5.53. The highest BCUT2D eigenvalue weighted by Crippen LogP contribution is 2.40. The lowest BCUT2D eigenvalue weighted by atomic mass is 10.1. The van der Waals surface area contributed by atoms with Crippen LogP contribution in [-0.4, -0.2) is 9.97 Å². The summed E-state index contributed by atoms with van der Waals surface area (Å²) in [6.07, 6.45) is 4.23. The highest BCUT2D eigenvalue weighted by molar-refractivity contribution is 7.19. The fourth-order valence-corrected chi connectivity index (χ4v) is 5.39. The Morgan fingerprint density at radius 1 is 1.07 bits per heavy atom. The molecule has 140 valence electrons. The van der Waals surface area contributed by atoms with E-state index < -0.39 is 0 Å². The first kappa shape index (κ1) is 17.7. The molecule has 0 amide bonds. The van der Waals surface area contributed by atoms with Crippen molar-refractivity contribution in [2.24, 2.45) is 0 Å². The molecule has 0 atom stereocenters. The fourth-order valence-electron chi connectivity index (χ4n) is 3.88. The topological polar surface area (TPSA) is 37.8 Å². The molecule has 0 spiro atoms. The Morgan fingerprint density at radius 3 is 2.75 bits per heavy atom. The number of hydrogen-bond donors (Lipinski definition) is 1. The van der Waals surface area contributed by atoms with Crippen molar-refractivity contribution in [1.82, 2.24) is 9.97 Å². The minimum absolute atomic E-state index is 0.730. The summed E-state index contributed by atoms with van der Waals surface area (Å²) in [5.74, 6) is 1.77. The summed E-state index contributed by atoms with van der Waals surface area (Å²) in [5.41, 5.74) is 4.80. The van der Waals surface area contributed by atoms with Crippen molar-refractivity contribution < 1.29 is 0 Å². The summed E-state index contributed by atoms with van der Waals surface area (Å²) in [4.78, 5) is 12.4. The van der Waals surface area contributed by atoms with Crippen LogP contribution in [0.1, 0.15) is 33.8 Å². The molecule has 1 N–H and O–H groups in total. The molecular weight excluding hydrogens is 386 g/mol. The van der Waals surface area contributed by atoms with Gasteiger partial charge in [-0.15, -0.1) is 11.3 Å². The molecule has 0 saturated heterocycles. The van der Waals surface area contributed by atoms with Gasteiger partial charge in [-0.25, -0.2) is 9.97 Å². The first-order valence-electron chi connectivity index (χ1n) is 9.55. The first-order valence-corrected chi connectivity index (χ1v) is 10.7. The van der Waals surface area contributed by atoms with Crippen molar-refractivity contribution in [2.45, 2.75) is 32.6 Å². The first-order chi connectivity index (χ1) is 13.7. The van der Waals surface area contributed by atoms with Crippen molar-refractivity contribution >= 4 is 44.7 Å². The van der Waals surface area contributed by atoms with Gasteiger partial charge < -0.3 is 5.32 Å². The van der Waals surface area contributed by atoms with Gasteiger partial charge in [0.05, 0.1) is 5.39 Å². The van der Waals surface area contributed by atoms with E-state index >= 15 is 0 Å². The van der Waals surface area contributed by atoms with Crippen LogP contribution in [0, 0.1) is 6.92 Å². The van der Waals surface area contributed by atoms with Gasteiger partial charge in [0.15, 0.2) is 0 Å². The van der Waals surface area contributed by atoms with E-state index in [1.807, 2.05) is 35.6 Å². The van der Waals surface area contributed by atoms with Gasteiger partial charge in [-0.05, 0) is 61.1 Å². The van der Waals surface area contributed by atoms with Gasteiger partial charge in [-0.2, -0.15) is 0 Å². The molecule has 0 fully saturated rings. The second-order valence-electron chi connectivity index (χ2n) is 7.27. The van der Waals surface area contributed by atoms with E-state index in [1.54, 1.807) is 0 Å². The van der Waals surface area contributed by atoms with Gasteiger partial charge in [-0.3, -0.25) is 0 Å². The quantitative estimate of drug-likeness (QED) is 0.422. The van der Waals surface area contributed by atoms with Crippen molar-refractivity contribution in [3.05, 3.63) is 80.9 Å². The van der Waals surface area contributed by atoms with Crippen LogP contribution in [0.15, 0.2) is 48.5 Å². The highest BCUT2D eigenvalue weighted by atomic mass is 35.5. The standard InChI is InChI=1S/C23H20ClN3S/c1-14-12-16(24)10-11-18(14)25-22-21-17-8-5-9-19(17)28-23(21)27-20(26-22)13-15-6-3-2-4-7-15/h2-4,6-7,10-12H,5,8-9,13H2,1H3,(H,25,26,27). The van der Waals surface area contributed by atoms with Crippen LogP contribution in [0.5, 0.6) is 0 Å². The van der Waals surface area contributed by atoms with Crippen LogP contribution < -0.4 is 5.32 Å². The fraction of sp³-hybridized carbons (Fsp3) is 0.217. The predicted octanol–water partition coefficient (Wildman–Crippen LogP) is 6.48. The molecule has 4 aromatic rings. The van der Waals surface area contributed by atoms with E-state index in [9.17, 15) is 0 Å². The molecule has 1 aliphatic rings. The van der Waals surface area contributed by atoms with Crippen LogP contribution in [0.2, 0.25) is 5.02 Å². The summed E-state index contributed by atoms with van der Waals surface area (Å²) in [6.45, 7) is 2.07. The minimum atomic E-state index is 0.730. The molecule has 3 nitrogen and oxygen atoms in total. The maximum atomic E-state index is 6.14. The van der Waals surface area contributed by atoms with E-state index in [-0.39, 0.29) is 0 Å². The van der Waals surface area contributed by atoms with E-state index in [4.69, 9.17) is 21.6 Å². The van der Waals surface area contributed by atoms with Gasteiger partial charge >= 0.3 is 0 Å². The van der Waals surface area contributed by atoms with Crippen molar-refractivity contribution in [2.75, 3.05) is 5.32 Å². The Labute approximate surface area is 173 Å². The van der Waals surface area contributed by atoms with Gasteiger partial charge in [0.1, 0.15) is 16.5 Å². The zero-order valence-corrected chi connectivity index (χ0v) is 17.2. The highest BCUT2D eigenvalue weighted by Gasteiger charge is 2.22. The van der Waals surface area contributed by atoms with E-state index in [1.165, 1.54) is 27.8 Å². The zero-order valence-electron chi connectivity index (χ0n) is 15.6. The number of thiophene rings is 1. The SMILES string of the molecule is Cc1cc(Cl)ccc1Nc1nc(Cc2ccccc2)nc2sc3c(c12)CCC3. The third-order valence-corrected chi connectivity index (χ3v) is 6.68. The number of benzene rings is 2. The van der Waals surface area contributed by atoms with E-state index in [0.29, 0.717) is 0 Å². The van der Waals surface area contributed by atoms with Gasteiger partial charge in [0.25, 0.3) is 0 Å². The summed E-state index contributed by atoms with van der Waals surface area (Å²) >= 11 is 7.97. The maximum Gasteiger partial charge on any atom is 0.143 e. The molecule has 0 aliphatic heterocycles. The van der Waals surface area contributed by atoms with Crippen LogP contribution >= 0.6 is 22.9 Å². The molecule has 1 aliphatic carbocycles. The summed E-state index contributed by atoms with van der Waals surface area (Å²) in [6, 6.07) is 16.3. The second kappa shape index (κ2) is 7.19.